The first kappa shape index (κ1) is 30.9. The van der Waals surface area contributed by atoms with Crippen LogP contribution in [-0.2, 0) is 4.74 Å². The molecule has 4 saturated heterocycles. The number of nitrogens with one attached hydrogen (secondary N) is 1. The first-order chi connectivity index (χ1) is 23.9. The molecule has 49 heavy (non-hydrogen) atoms. The van der Waals surface area contributed by atoms with Gasteiger partial charge in [0.2, 0.25) is 0 Å². The molecule has 5 aliphatic rings. The zero-order valence-electron chi connectivity index (χ0n) is 27.6. The van der Waals surface area contributed by atoms with Crippen molar-refractivity contribution >= 4 is 27.5 Å². The molecule has 9 rings (SSSR count). The third-order valence-corrected chi connectivity index (χ3v) is 11.4. The van der Waals surface area contributed by atoms with Crippen LogP contribution in [0.2, 0.25) is 0 Å². The van der Waals surface area contributed by atoms with Crippen LogP contribution in [0, 0.1) is 29.9 Å². The van der Waals surface area contributed by atoms with Gasteiger partial charge in [-0.1, -0.05) is 42.3 Å². The van der Waals surface area contributed by atoms with Gasteiger partial charge in [-0.2, -0.15) is 9.97 Å². The maximum Gasteiger partial charge on any atom is 0.319 e. The molecule has 5 fully saturated rings. The van der Waals surface area contributed by atoms with Crippen molar-refractivity contribution in [2.24, 2.45) is 5.92 Å². The van der Waals surface area contributed by atoms with Crippen LogP contribution in [0.25, 0.3) is 32.9 Å². The Morgan fingerprint density at radius 1 is 1.04 bits per heavy atom. The highest BCUT2D eigenvalue weighted by molar-refractivity contribution is 6.02. The molecule has 0 radical (unpaired) electrons. The van der Waals surface area contributed by atoms with Crippen molar-refractivity contribution in [1.29, 1.82) is 0 Å². The minimum absolute atomic E-state index is 0.0536. The SMILES string of the molecule is C#Cc1c(F)ccc2cccc(-c3ncc4c(N5CC6CCC(C5)N6)nc(OC[C@@]56CC[C@@H](COCC7CC7)N5CC(=C)C6)nc4c3F)c12. The molecule has 2 unspecified atom stereocenters. The molecular weight excluding hydrogens is 622 g/mol. The van der Waals surface area contributed by atoms with E-state index >= 15 is 4.39 Å². The fourth-order valence-electron chi connectivity index (χ4n) is 8.78. The summed E-state index contributed by atoms with van der Waals surface area (Å²) < 4.78 is 44.5. The van der Waals surface area contributed by atoms with Crippen LogP contribution in [0.1, 0.15) is 50.5 Å². The van der Waals surface area contributed by atoms with E-state index in [0.29, 0.717) is 58.9 Å². The predicted octanol–water partition coefficient (Wildman–Crippen LogP) is 6.01. The van der Waals surface area contributed by atoms with Crippen molar-refractivity contribution < 1.29 is 18.3 Å². The number of halogens is 2. The van der Waals surface area contributed by atoms with Crippen LogP contribution < -0.4 is 15.0 Å². The maximum atomic E-state index is 16.9. The maximum absolute atomic E-state index is 16.9. The first-order valence-corrected chi connectivity index (χ1v) is 17.6. The number of fused-ring (bicyclic) bond motifs is 5. The number of piperazine rings is 1. The van der Waals surface area contributed by atoms with E-state index in [4.69, 9.17) is 25.9 Å². The lowest BCUT2D eigenvalue weighted by Crippen LogP contribution is -2.51. The van der Waals surface area contributed by atoms with E-state index in [-0.39, 0.29) is 28.3 Å². The first-order valence-electron chi connectivity index (χ1n) is 17.6. The summed E-state index contributed by atoms with van der Waals surface area (Å²) in [5.41, 5.74) is 1.62. The summed E-state index contributed by atoms with van der Waals surface area (Å²) in [6, 6.07) is 9.46. The van der Waals surface area contributed by atoms with E-state index in [0.717, 1.165) is 64.3 Å². The van der Waals surface area contributed by atoms with Crippen LogP contribution in [0.15, 0.2) is 48.7 Å². The van der Waals surface area contributed by atoms with Gasteiger partial charge in [0.25, 0.3) is 0 Å². The molecule has 0 amide bonds. The van der Waals surface area contributed by atoms with Gasteiger partial charge in [-0.3, -0.25) is 9.88 Å². The molecule has 252 valence electrons. The van der Waals surface area contributed by atoms with Crippen molar-refractivity contribution in [1.82, 2.24) is 25.2 Å². The number of terminal acetylenes is 1. The number of aromatic nitrogens is 3. The van der Waals surface area contributed by atoms with Gasteiger partial charge < -0.3 is 19.7 Å². The van der Waals surface area contributed by atoms with E-state index < -0.39 is 11.6 Å². The third kappa shape index (κ3) is 5.43. The number of benzene rings is 2. The van der Waals surface area contributed by atoms with Crippen molar-refractivity contribution in [2.75, 3.05) is 44.4 Å². The molecule has 1 saturated carbocycles. The molecule has 2 aromatic heterocycles. The minimum atomic E-state index is -0.619. The fourth-order valence-corrected chi connectivity index (χ4v) is 8.78. The molecule has 6 heterocycles. The molecule has 4 aliphatic heterocycles. The van der Waals surface area contributed by atoms with Crippen molar-refractivity contribution in [3.8, 4) is 29.6 Å². The number of nitrogens with zero attached hydrogens (tertiary/aromatic N) is 5. The highest BCUT2D eigenvalue weighted by Gasteiger charge is 2.51. The molecule has 0 spiro atoms. The van der Waals surface area contributed by atoms with Crippen molar-refractivity contribution in [3.63, 3.8) is 0 Å². The van der Waals surface area contributed by atoms with Crippen LogP contribution in [0.4, 0.5) is 14.6 Å². The topological polar surface area (TPSA) is 75.6 Å². The highest BCUT2D eigenvalue weighted by Crippen LogP contribution is 2.45. The number of rotatable bonds is 9. The number of hydrogen-bond acceptors (Lipinski definition) is 8. The van der Waals surface area contributed by atoms with Crippen molar-refractivity contribution in [2.45, 2.75) is 68.6 Å². The zero-order chi connectivity index (χ0) is 33.3. The number of hydrogen-bond donors (Lipinski definition) is 1. The largest absolute Gasteiger partial charge is 0.461 e. The third-order valence-electron chi connectivity index (χ3n) is 11.4. The van der Waals surface area contributed by atoms with E-state index in [1.165, 1.54) is 24.5 Å². The summed E-state index contributed by atoms with van der Waals surface area (Å²) in [4.78, 5) is 19.0. The summed E-state index contributed by atoms with van der Waals surface area (Å²) in [5, 5.41) is 5.33. The Balaban J connectivity index is 1.10. The van der Waals surface area contributed by atoms with Gasteiger partial charge in [-0.05, 0) is 62.3 Å². The van der Waals surface area contributed by atoms with Gasteiger partial charge in [-0.15, -0.1) is 6.42 Å². The average molecular weight is 663 g/mol. The summed E-state index contributed by atoms with van der Waals surface area (Å²) in [5.74, 6) is 2.65. The summed E-state index contributed by atoms with van der Waals surface area (Å²) >= 11 is 0. The number of ether oxygens (including phenoxy) is 2. The van der Waals surface area contributed by atoms with Gasteiger partial charge >= 0.3 is 6.01 Å². The smallest absolute Gasteiger partial charge is 0.319 e. The Kier molecular flexibility index (Phi) is 7.56. The second-order valence-corrected chi connectivity index (χ2v) is 14.8. The lowest BCUT2D eigenvalue weighted by molar-refractivity contribution is 0.0336. The molecule has 2 aromatic carbocycles. The number of anilines is 1. The van der Waals surface area contributed by atoms with E-state index in [1.54, 1.807) is 24.4 Å². The molecule has 4 atom stereocenters. The lowest BCUT2D eigenvalue weighted by atomic mass is 9.94. The Morgan fingerprint density at radius 3 is 2.67 bits per heavy atom. The van der Waals surface area contributed by atoms with Crippen LogP contribution >= 0.6 is 0 Å². The summed E-state index contributed by atoms with van der Waals surface area (Å²) in [7, 11) is 0. The van der Waals surface area contributed by atoms with Crippen molar-refractivity contribution in [3.05, 3.63) is 65.9 Å². The second kappa shape index (κ2) is 12.0. The average Bonchev–Trinajstić information content (AvgIpc) is 3.68. The van der Waals surface area contributed by atoms with Crippen LogP contribution in [-0.4, -0.2) is 83.0 Å². The Morgan fingerprint density at radius 2 is 1.88 bits per heavy atom. The normalized spacial score (nSPS) is 26.5. The molecule has 1 N–H and O–H groups in total. The predicted molar refractivity (Wildman–Crippen MR) is 186 cm³/mol. The molecule has 4 aromatic rings. The van der Waals surface area contributed by atoms with Gasteiger partial charge in [0.15, 0.2) is 5.82 Å². The van der Waals surface area contributed by atoms with E-state index in [1.807, 2.05) is 6.07 Å². The minimum Gasteiger partial charge on any atom is -0.461 e. The Labute approximate surface area is 284 Å². The highest BCUT2D eigenvalue weighted by atomic mass is 19.1. The Bertz CT molecular complexity index is 2010. The zero-order valence-corrected chi connectivity index (χ0v) is 27.6. The monoisotopic (exact) mass is 662 g/mol. The summed E-state index contributed by atoms with van der Waals surface area (Å²) in [6.07, 6.45) is 14.9. The van der Waals surface area contributed by atoms with E-state index in [2.05, 4.69) is 32.6 Å². The van der Waals surface area contributed by atoms with Gasteiger partial charge in [-0.25, -0.2) is 8.78 Å². The quantitative estimate of drug-likeness (QED) is 0.173. The number of pyridine rings is 1. The molecule has 8 nitrogen and oxygen atoms in total. The molecular formula is C39H40F2N6O2. The van der Waals surface area contributed by atoms with Crippen LogP contribution in [0.3, 0.4) is 0 Å². The molecule has 10 heteroatoms. The van der Waals surface area contributed by atoms with E-state index in [9.17, 15) is 4.39 Å². The van der Waals surface area contributed by atoms with Gasteiger partial charge in [0.1, 0.15) is 29.5 Å². The molecule has 2 bridgehead atoms. The lowest BCUT2D eigenvalue weighted by Gasteiger charge is -2.35. The second-order valence-electron chi connectivity index (χ2n) is 14.8. The Hall–Kier alpha value is -4.17. The van der Waals surface area contributed by atoms with Gasteiger partial charge in [0, 0.05) is 61.5 Å². The molecule has 1 aliphatic carbocycles. The standard InChI is InChI=1S/C39H40F2N6O2/c1-3-29-32(40)12-9-25-5-4-6-30(33(25)29)35-34(41)36-31(16-42-35)37(46-18-26-10-11-27(19-46)43-26)45-38(44-36)49-22-39-14-13-28(21-48-20-24-7-8-24)47(39)17-23(2)15-39/h1,4-6,9,12,16,24,26-28,43H,2,7-8,10-11,13-15,17-22H2/t26?,27?,28-,39-/m0/s1. The fraction of sp³-hybridized carbons (Fsp3) is 0.462. The van der Waals surface area contributed by atoms with Gasteiger partial charge in [0.05, 0.1) is 23.1 Å². The summed E-state index contributed by atoms with van der Waals surface area (Å²) in [6.45, 7) is 8.59. The van der Waals surface area contributed by atoms with Crippen LogP contribution in [0.5, 0.6) is 6.01 Å².